The number of hydrogen-bond donors (Lipinski definition) is 0. The molecule has 0 N–H and O–H groups in total. The largest absolute Gasteiger partial charge is 0.179 e. The van der Waals surface area contributed by atoms with Crippen molar-refractivity contribution in [1.29, 1.82) is 0 Å². The van der Waals surface area contributed by atoms with Crippen molar-refractivity contribution in [3.05, 3.63) is 204 Å². The maximum atomic E-state index is 2.56. The Bertz CT molecular complexity index is 1640. The topological polar surface area (TPSA) is 0 Å². The van der Waals surface area contributed by atoms with E-state index in [1.807, 2.05) is 0 Å². The fourth-order valence-electron chi connectivity index (χ4n) is 6.62. The molecular weight excluding hydrogens is 565 g/mol. The normalized spacial score (nSPS) is 13.0. The highest BCUT2D eigenvalue weighted by Crippen LogP contribution is 2.73. The van der Waals surface area contributed by atoms with Crippen LogP contribution in [0.4, 0.5) is 0 Å². The molecule has 0 heterocycles. The molecule has 0 aliphatic rings. The zero-order chi connectivity index (χ0) is 30.2. The molecule has 216 valence electrons. The van der Waals surface area contributed by atoms with E-state index in [1.54, 1.807) is 0 Å². The number of hydrogen-bond acceptors (Lipinski definition) is 0. The molecule has 0 radical (unpaired) electrons. The summed E-state index contributed by atoms with van der Waals surface area (Å²) < 4.78 is 0. The molecule has 0 unspecified atom stereocenters. The van der Waals surface area contributed by atoms with Gasteiger partial charge in [-0.1, -0.05) is 158 Å². The monoisotopic (exact) mass is 602 g/mol. The zero-order valence-corrected chi connectivity index (χ0v) is 27.2. The smallest absolute Gasteiger partial charge is 0.137 e. The van der Waals surface area contributed by atoms with Crippen LogP contribution in [-0.4, -0.2) is 8.07 Å². The first-order chi connectivity index (χ1) is 21.7. The average Bonchev–Trinajstić information content (AvgIpc) is 3.11. The van der Waals surface area contributed by atoms with Gasteiger partial charge in [-0.2, -0.15) is 0 Å². The lowest BCUT2D eigenvalue weighted by molar-refractivity contribution is 1.28. The maximum absolute atomic E-state index is 2.70. The van der Waals surface area contributed by atoms with Gasteiger partial charge < -0.3 is 0 Å². The summed E-state index contributed by atoms with van der Waals surface area (Å²) in [5.74, 6) is 0. The summed E-state index contributed by atoms with van der Waals surface area (Å²) in [5, 5.41) is 5.54. The molecule has 0 nitrogen and oxygen atoms in total. The summed E-state index contributed by atoms with van der Waals surface area (Å²) in [6, 6.07) is 67.0. The van der Waals surface area contributed by atoms with Crippen molar-refractivity contribution in [3.8, 4) is 0 Å². The van der Waals surface area contributed by atoms with Crippen molar-refractivity contribution in [2.45, 2.75) is 28.5 Å². The van der Waals surface area contributed by atoms with Gasteiger partial charge in [-0.05, 0) is 75.9 Å². The molecule has 0 spiro atoms. The van der Waals surface area contributed by atoms with Crippen LogP contribution in [0.1, 0.15) is 13.8 Å². The summed E-state index contributed by atoms with van der Waals surface area (Å²) in [5.41, 5.74) is 0. The fourth-order valence-corrected chi connectivity index (χ4v) is 15.6. The number of benzene rings is 6. The van der Waals surface area contributed by atoms with E-state index >= 15 is 0 Å². The lowest BCUT2D eigenvalue weighted by Gasteiger charge is -2.43. The predicted molar refractivity (Wildman–Crippen MR) is 193 cm³/mol. The van der Waals surface area contributed by atoms with Crippen molar-refractivity contribution < 1.29 is 0 Å². The SMILES string of the molecule is C/C=C(\C=C(/C)S(c1ccccc1)(c1ccccc1)c1ccccc1)[Si](c1ccccc1)(c1ccccc1)c1ccccc1. The van der Waals surface area contributed by atoms with Gasteiger partial charge in [0.1, 0.15) is 0 Å². The molecule has 0 bridgehead atoms. The molecule has 44 heavy (non-hydrogen) atoms. The van der Waals surface area contributed by atoms with E-state index in [-0.39, 0.29) is 0 Å². The molecule has 0 saturated heterocycles. The van der Waals surface area contributed by atoms with Crippen LogP contribution in [0.15, 0.2) is 219 Å². The van der Waals surface area contributed by atoms with Gasteiger partial charge in [0.05, 0.1) is 0 Å². The van der Waals surface area contributed by atoms with Crippen LogP contribution in [0.5, 0.6) is 0 Å². The standard InChI is InChI=1S/C42H38SSi/c1-3-39(44(40-28-16-7-17-29-40,41-30-18-8-19-31-41)42-32-20-9-21-33-42)34-35(2)43(36-22-10-4-11-23-36,37-24-12-5-13-25-37)38-26-14-6-15-27-38/h3-34H,1-2H3/b35-34+,39-3+. The summed E-state index contributed by atoms with van der Waals surface area (Å²) in [7, 11) is -4.48. The minimum Gasteiger partial charge on any atom is -0.137 e. The van der Waals surface area contributed by atoms with Gasteiger partial charge in [0, 0.05) is 14.7 Å². The Kier molecular flexibility index (Phi) is 8.93. The second-order valence-corrected chi connectivity index (χ2v) is 18.0. The van der Waals surface area contributed by atoms with Crippen molar-refractivity contribution in [3.63, 3.8) is 0 Å². The summed E-state index contributed by atoms with van der Waals surface area (Å²) in [6.45, 7) is 4.59. The summed E-state index contributed by atoms with van der Waals surface area (Å²) >= 11 is 0. The molecule has 0 atom stereocenters. The van der Waals surface area contributed by atoms with E-state index in [1.165, 1.54) is 40.3 Å². The first kappa shape index (κ1) is 29.4. The van der Waals surface area contributed by atoms with Crippen LogP contribution in [-0.2, 0) is 0 Å². The lowest BCUT2D eigenvalue weighted by Crippen LogP contribution is -2.68. The highest BCUT2D eigenvalue weighted by Gasteiger charge is 2.43. The molecule has 0 amide bonds. The van der Waals surface area contributed by atoms with Crippen LogP contribution in [0.25, 0.3) is 0 Å². The van der Waals surface area contributed by atoms with Crippen molar-refractivity contribution in [1.82, 2.24) is 0 Å². The predicted octanol–water partition coefficient (Wildman–Crippen LogP) is 9.53. The summed E-state index contributed by atoms with van der Waals surface area (Å²) in [6.07, 6.45) is 4.94. The van der Waals surface area contributed by atoms with Crippen LogP contribution in [0, 0.1) is 0 Å². The van der Waals surface area contributed by atoms with E-state index in [0.29, 0.717) is 0 Å². The molecule has 0 aliphatic carbocycles. The Hall–Kier alpha value is -4.63. The first-order valence-electron chi connectivity index (χ1n) is 15.2. The third kappa shape index (κ3) is 5.21. The van der Waals surface area contributed by atoms with Crippen molar-refractivity contribution >= 4 is 33.7 Å². The van der Waals surface area contributed by atoms with Gasteiger partial charge in [0.15, 0.2) is 8.07 Å². The zero-order valence-electron chi connectivity index (χ0n) is 25.4. The van der Waals surface area contributed by atoms with Gasteiger partial charge in [-0.3, -0.25) is 0 Å². The third-order valence-electron chi connectivity index (χ3n) is 8.50. The molecule has 6 aromatic rings. The van der Waals surface area contributed by atoms with E-state index in [4.69, 9.17) is 0 Å². The van der Waals surface area contributed by atoms with Gasteiger partial charge in [-0.25, -0.2) is 0 Å². The van der Waals surface area contributed by atoms with Gasteiger partial charge in [-0.15, -0.1) is 10.0 Å². The molecule has 6 aromatic carbocycles. The van der Waals surface area contributed by atoms with E-state index in [9.17, 15) is 0 Å². The molecule has 6 rings (SSSR count). The Morgan fingerprint density at radius 3 is 0.977 bits per heavy atom. The van der Waals surface area contributed by atoms with E-state index in [0.717, 1.165) is 0 Å². The molecule has 0 fully saturated rings. The molecular formula is C42H38SSi. The molecule has 0 aliphatic heterocycles. The van der Waals surface area contributed by atoms with Gasteiger partial charge in [0.2, 0.25) is 0 Å². The highest BCUT2D eigenvalue weighted by atomic mass is 32.3. The second-order valence-electron chi connectivity index (χ2n) is 10.9. The lowest BCUT2D eigenvalue weighted by atomic mass is 10.3. The summed E-state index contributed by atoms with van der Waals surface area (Å²) in [4.78, 5) is 5.39. The molecule has 0 saturated carbocycles. The van der Waals surface area contributed by atoms with Crippen LogP contribution in [0.3, 0.4) is 0 Å². The van der Waals surface area contributed by atoms with Gasteiger partial charge >= 0.3 is 0 Å². The Morgan fingerprint density at radius 1 is 0.432 bits per heavy atom. The van der Waals surface area contributed by atoms with E-state index in [2.05, 4.69) is 208 Å². The highest BCUT2D eigenvalue weighted by molar-refractivity contribution is 8.36. The fraction of sp³-hybridized carbons (Fsp3) is 0.0476. The van der Waals surface area contributed by atoms with Crippen molar-refractivity contribution in [2.75, 3.05) is 0 Å². The van der Waals surface area contributed by atoms with Crippen LogP contribution in [0.2, 0.25) is 0 Å². The second kappa shape index (κ2) is 13.3. The van der Waals surface area contributed by atoms with Gasteiger partial charge in [0.25, 0.3) is 0 Å². The number of rotatable bonds is 9. The molecule has 0 aromatic heterocycles. The molecule has 2 heteroatoms. The van der Waals surface area contributed by atoms with Crippen LogP contribution >= 0.6 is 10.0 Å². The Balaban J connectivity index is 1.71. The minimum atomic E-state index is -2.70. The quantitative estimate of drug-likeness (QED) is 0.0878. The van der Waals surface area contributed by atoms with Crippen molar-refractivity contribution in [2.24, 2.45) is 0 Å². The average molecular weight is 603 g/mol. The Labute approximate surface area is 265 Å². The van der Waals surface area contributed by atoms with E-state index < -0.39 is 18.1 Å². The third-order valence-corrected chi connectivity index (χ3v) is 17.4. The maximum Gasteiger partial charge on any atom is 0.179 e. The minimum absolute atomic E-state index is 1.34. The number of allylic oxidation sites excluding steroid dienone is 4. The Morgan fingerprint density at radius 2 is 0.705 bits per heavy atom. The van der Waals surface area contributed by atoms with Crippen LogP contribution < -0.4 is 15.6 Å². The first-order valence-corrected chi connectivity index (χ1v) is 18.9.